The van der Waals surface area contributed by atoms with E-state index in [-0.39, 0.29) is 18.6 Å². The molecular formula is C10H10O3. The Bertz CT molecular complexity index is 307. The van der Waals surface area contributed by atoms with Crippen molar-refractivity contribution in [3.8, 4) is 0 Å². The summed E-state index contributed by atoms with van der Waals surface area (Å²) in [5, 5.41) is 8.51. The Morgan fingerprint density at radius 3 is 2.69 bits per heavy atom. The van der Waals surface area contributed by atoms with Crippen LogP contribution in [0.3, 0.4) is 0 Å². The van der Waals surface area contributed by atoms with Gasteiger partial charge in [0.1, 0.15) is 6.10 Å². The zero-order valence-electron chi connectivity index (χ0n) is 7.01. The fourth-order valence-electron chi connectivity index (χ4n) is 1.41. The summed E-state index contributed by atoms with van der Waals surface area (Å²) < 4.78 is 5.23. The number of epoxide rings is 1. The number of rotatable bonds is 3. The Hall–Kier alpha value is -1.35. The predicted molar refractivity (Wildman–Crippen MR) is 46.3 cm³/mol. The molecule has 0 amide bonds. The van der Waals surface area contributed by atoms with E-state index in [0.717, 1.165) is 5.56 Å². The van der Waals surface area contributed by atoms with Gasteiger partial charge in [0.15, 0.2) is 0 Å². The first kappa shape index (κ1) is 8.26. The van der Waals surface area contributed by atoms with Gasteiger partial charge in [-0.1, -0.05) is 30.3 Å². The Balaban J connectivity index is 1.97. The Morgan fingerprint density at radius 1 is 1.38 bits per heavy atom. The number of carboxylic acid groups (broad SMARTS) is 1. The van der Waals surface area contributed by atoms with Crippen molar-refractivity contribution in [1.29, 1.82) is 0 Å². The number of hydrogen-bond acceptors (Lipinski definition) is 2. The summed E-state index contributed by atoms with van der Waals surface area (Å²) in [4.78, 5) is 10.3. The normalized spacial score (nSPS) is 25.5. The van der Waals surface area contributed by atoms with Gasteiger partial charge >= 0.3 is 5.97 Å². The number of ether oxygens (including phenoxy) is 1. The van der Waals surface area contributed by atoms with Gasteiger partial charge < -0.3 is 9.84 Å². The summed E-state index contributed by atoms with van der Waals surface area (Å²) >= 11 is 0. The highest BCUT2D eigenvalue weighted by molar-refractivity contribution is 5.68. The fraction of sp³-hybridized carbons (Fsp3) is 0.300. The SMILES string of the molecule is O=C(O)CC1OC1c1ccccc1. The van der Waals surface area contributed by atoms with Crippen molar-refractivity contribution in [3.05, 3.63) is 35.9 Å². The van der Waals surface area contributed by atoms with Gasteiger partial charge in [0.05, 0.1) is 12.5 Å². The lowest BCUT2D eigenvalue weighted by Gasteiger charge is -1.92. The van der Waals surface area contributed by atoms with Gasteiger partial charge in [-0.3, -0.25) is 4.79 Å². The highest BCUT2D eigenvalue weighted by Crippen LogP contribution is 2.40. The maximum Gasteiger partial charge on any atom is 0.306 e. The average molecular weight is 178 g/mol. The monoisotopic (exact) mass is 178 g/mol. The first-order valence-electron chi connectivity index (χ1n) is 4.19. The van der Waals surface area contributed by atoms with Crippen LogP contribution in [0.2, 0.25) is 0 Å². The molecule has 1 saturated heterocycles. The second kappa shape index (κ2) is 3.18. The van der Waals surface area contributed by atoms with Crippen LogP contribution in [0, 0.1) is 0 Å². The zero-order valence-corrected chi connectivity index (χ0v) is 7.01. The summed E-state index contributed by atoms with van der Waals surface area (Å²) in [5.41, 5.74) is 1.06. The van der Waals surface area contributed by atoms with Gasteiger partial charge in [-0.25, -0.2) is 0 Å². The third kappa shape index (κ3) is 1.87. The van der Waals surface area contributed by atoms with Crippen LogP contribution < -0.4 is 0 Å². The van der Waals surface area contributed by atoms with Crippen molar-refractivity contribution < 1.29 is 14.6 Å². The molecule has 68 valence electrons. The second-order valence-electron chi connectivity index (χ2n) is 3.10. The minimum absolute atomic E-state index is 0.00250. The Kier molecular flexibility index (Phi) is 2.02. The molecule has 0 aromatic heterocycles. The molecule has 1 aromatic rings. The van der Waals surface area contributed by atoms with Gasteiger partial charge in [0.25, 0.3) is 0 Å². The van der Waals surface area contributed by atoms with Crippen LogP contribution in [0.15, 0.2) is 30.3 Å². The van der Waals surface area contributed by atoms with E-state index in [1.54, 1.807) is 0 Å². The molecular weight excluding hydrogens is 168 g/mol. The van der Waals surface area contributed by atoms with E-state index >= 15 is 0 Å². The minimum Gasteiger partial charge on any atom is -0.481 e. The van der Waals surface area contributed by atoms with Gasteiger partial charge in [-0.2, -0.15) is 0 Å². The van der Waals surface area contributed by atoms with E-state index in [4.69, 9.17) is 9.84 Å². The van der Waals surface area contributed by atoms with E-state index in [1.807, 2.05) is 30.3 Å². The molecule has 2 atom stereocenters. The summed E-state index contributed by atoms with van der Waals surface area (Å²) in [6.45, 7) is 0. The molecule has 1 heterocycles. The van der Waals surface area contributed by atoms with Crippen LogP contribution in [0.5, 0.6) is 0 Å². The Labute approximate surface area is 76.0 Å². The van der Waals surface area contributed by atoms with Gasteiger partial charge in [-0.05, 0) is 5.56 Å². The maximum atomic E-state index is 10.3. The highest BCUT2D eigenvalue weighted by atomic mass is 16.6. The molecule has 1 N–H and O–H groups in total. The molecule has 1 aliphatic heterocycles. The van der Waals surface area contributed by atoms with Crippen molar-refractivity contribution in [2.24, 2.45) is 0 Å². The number of carbonyl (C=O) groups is 1. The molecule has 0 radical (unpaired) electrons. The van der Waals surface area contributed by atoms with Gasteiger partial charge in [0.2, 0.25) is 0 Å². The quantitative estimate of drug-likeness (QED) is 0.715. The summed E-state index contributed by atoms with van der Waals surface area (Å²) in [5.74, 6) is -0.802. The number of aliphatic carboxylic acids is 1. The molecule has 13 heavy (non-hydrogen) atoms. The lowest BCUT2D eigenvalue weighted by atomic mass is 10.1. The lowest BCUT2D eigenvalue weighted by Crippen LogP contribution is -2.00. The van der Waals surface area contributed by atoms with Crippen molar-refractivity contribution in [1.82, 2.24) is 0 Å². The van der Waals surface area contributed by atoms with Crippen molar-refractivity contribution in [2.45, 2.75) is 18.6 Å². The molecule has 0 saturated carbocycles. The van der Waals surface area contributed by atoms with Crippen LogP contribution in [0.25, 0.3) is 0 Å². The molecule has 3 heteroatoms. The largest absolute Gasteiger partial charge is 0.481 e. The molecule has 1 aliphatic rings. The summed E-state index contributed by atoms with van der Waals surface area (Å²) in [6.07, 6.45) is -0.0308. The molecule has 2 rings (SSSR count). The zero-order chi connectivity index (χ0) is 9.26. The standard InChI is InChI=1S/C10H10O3/c11-9(12)6-8-10(13-8)7-4-2-1-3-5-7/h1-5,8,10H,6H2,(H,11,12). The van der Waals surface area contributed by atoms with E-state index < -0.39 is 5.97 Å². The Morgan fingerprint density at radius 2 is 2.08 bits per heavy atom. The lowest BCUT2D eigenvalue weighted by molar-refractivity contribution is -0.137. The molecule has 1 aromatic carbocycles. The fourth-order valence-corrected chi connectivity index (χ4v) is 1.41. The van der Waals surface area contributed by atoms with Crippen molar-refractivity contribution in [2.75, 3.05) is 0 Å². The molecule has 1 fully saturated rings. The summed E-state index contributed by atoms with van der Waals surface area (Å²) in [7, 11) is 0. The van der Waals surface area contributed by atoms with Crippen LogP contribution in [-0.4, -0.2) is 17.2 Å². The third-order valence-electron chi connectivity index (χ3n) is 2.09. The van der Waals surface area contributed by atoms with E-state index in [0.29, 0.717) is 0 Å². The van der Waals surface area contributed by atoms with E-state index in [9.17, 15) is 4.79 Å². The average Bonchev–Trinajstić information content (AvgIpc) is 2.84. The molecule has 0 spiro atoms. The molecule has 0 aliphatic carbocycles. The molecule has 2 unspecified atom stereocenters. The van der Waals surface area contributed by atoms with Crippen molar-refractivity contribution in [3.63, 3.8) is 0 Å². The number of benzene rings is 1. The third-order valence-corrected chi connectivity index (χ3v) is 2.09. The van der Waals surface area contributed by atoms with Gasteiger partial charge in [-0.15, -0.1) is 0 Å². The van der Waals surface area contributed by atoms with Crippen LogP contribution in [0.4, 0.5) is 0 Å². The van der Waals surface area contributed by atoms with Crippen LogP contribution in [0.1, 0.15) is 18.1 Å². The smallest absolute Gasteiger partial charge is 0.306 e. The van der Waals surface area contributed by atoms with E-state index in [1.165, 1.54) is 0 Å². The first-order valence-corrected chi connectivity index (χ1v) is 4.19. The first-order chi connectivity index (χ1) is 6.27. The number of hydrogen-bond donors (Lipinski definition) is 1. The van der Waals surface area contributed by atoms with E-state index in [2.05, 4.69) is 0 Å². The second-order valence-corrected chi connectivity index (χ2v) is 3.10. The maximum absolute atomic E-state index is 10.3. The van der Waals surface area contributed by atoms with Crippen LogP contribution >= 0.6 is 0 Å². The highest BCUT2D eigenvalue weighted by Gasteiger charge is 2.41. The minimum atomic E-state index is -0.802. The van der Waals surface area contributed by atoms with Crippen molar-refractivity contribution >= 4 is 5.97 Å². The predicted octanol–water partition coefficient (Wildman–Crippen LogP) is 1.60. The molecule has 3 nitrogen and oxygen atoms in total. The van der Waals surface area contributed by atoms with Crippen LogP contribution in [-0.2, 0) is 9.53 Å². The molecule has 0 bridgehead atoms. The number of carboxylic acids is 1. The topological polar surface area (TPSA) is 49.8 Å². The summed E-state index contributed by atoms with van der Waals surface area (Å²) in [6, 6.07) is 9.68. The van der Waals surface area contributed by atoms with Gasteiger partial charge in [0, 0.05) is 0 Å².